The van der Waals surface area contributed by atoms with Gasteiger partial charge in [-0.05, 0) is 24.3 Å². The molecule has 1 aliphatic heterocycles. The summed E-state index contributed by atoms with van der Waals surface area (Å²) in [6, 6.07) is 12.8. The Bertz CT molecular complexity index is 1250. The fourth-order valence-electron chi connectivity index (χ4n) is 3.66. The summed E-state index contributed by atoms with van der Waals surface area (Å²) < 4.78 is 16.4. The Labute approximate surface area is 204 Å². The van der Waals surface area contributed by atoms with Crippen LogP contribution in [-0.4, -0.2) is 73.6 Å². The smallest absolute Gasteiger partial charge is 0.338 e. The molecule has 0 unspecified atom stereocenters. The van der Waals surface area contributed by atoms with E-state index in [1.807, 2.05) is 0 Å². The van der Waals surface area contributed by atoms with Gasteiger partial charge in [0.15, 0.2) is 6.10 Å². The lowest BCUT2D eigenvalue weighted by atomic mass is 10.00. The van der Waals surface area contributed by atoms with E-state index in [1.54, 1.807) is 18.2 Å². The average molecular weight is 498 g/mol. The second-order valence-corrected chi connectivity index (χ2v) is 8.02. The maximum Gasteiger partial charge on any atom is 0.338 e. The second-order valence-electron chi connectivity index (χ2n) is 8.02. The van der Waals surface area contributed by atoms with Gasteiger partial charge in [-0.1, -0.05) is 18.2 Å². The number of phenols is 4. The summed E-state index contributed by atoms with van der Waals surface area (Å²) in [6.45, 7) is -0.417. The average Bonchev–Trinajstić information content (AvgIpc) is 2.83. The van der Waals surface area contributed by atoms with Crippen LogP contribution in [0, 0.1) is 0 Å². The molecule has 1 aliphatic rings. The molecule has 36 heavy (non-hydrogen) atoms. The maximum atomic E-state index is 13.1. The lowest BCUT2D eigenvalue weighted by Gasteiger charge is -2.37. The number of ether oxygens (including phenoxy) is 3. The van der Waals surface area contributed by atoms with Gasteiger partial charge in [-0.3, -0.25) is 4.79 Å². The van der Waals surface area contributed by atoms with Crippen LogP contribution in [0.1, 0.15) is 26.3 Å². The summed E-state index contributed by atoms with van der Waals surface area (Å²) in [6.07, 6.45) is -6.20. The van der Waals surface area contributed by atoms with Crippen LogP contribution >= 0.6 is 0 Å². The number of ketones is 1. The Morgan fingerprint density at radius 3 is 2.14 bits per heavy atom. The van der Waals surface area contributed by atoms with Gasteiger partial charge in [0.25, 0.3) is 0 Å². The number of aliphatic hydroxyl groups is 2. The lowest BCUT2D eigenvalue weighted by Crippen LogP contribution is -2.56. The third-order valence-electron chi connectivity index (χ3n) is 5.38. The van der Waals surface area contributed by atoms with Gasteiger partial charge in [0.1, 0.15) is 46.5 Å². The molecule has 0 amide bonds. The summed E-state index contributed by atoms with van der Waals surface area (Å²) in [5.74, 6) is -4.20. The zero-order chi connectivity index (χ0) is 26.0. The summed E-state index contributed by atoms with van der Waals surface area (Å²) in [5.41, 5.74) is -0.543. The minimum atomic E-state index is -1.63. The zero-order valence-corrected chi connectivity index (χ0v) is 18.5. The van der Waals surface area contributed by atoms with Gasteiger partial charge in [0.2, 0.25) is 12.1 Å². The van der Waals surface area contributed by atoms with E-state index in [0.717, 1.165) is 30.3 Å². The Hall–Kier alpha value is -4.32. The number of hydrogen-bond donors (Lipinski definition) is 6. The van der Waals surface area contributed by atoms with Gasteiger partial charge in [-0.2, -0.15) is 0 Å². The van der Waals surface area contributed by atoms with Crippen molar-refractivity contribution >= 4 is 11.8 Å². The normalized spacial score (nSPS) is 21.5. The van der Waals surface area contributed by atoms with E-state index < -0.39 is 77.3 Å². The van der Waals surface area contributed by atoms with Crippen LogP contribution in [-0.2, 0) is 9.47 Å². The minimum Gasteiger partial charge on any atom is -0.508 e. The summed E-state index contributed by atoms with van der Waals surface area (Å²) in [5, 5.41) is 60.4. The van der Waals surface area contributed by atoms with Gasteiger partial charge in [-0.15, -0.1) is 0 Å². The van der Waals surface area contributed by atoms with Crippen LogP contribution in [0.25, 0.3) is 0 Å². The highest BCUT2D eigenvalue weighted by Gasteiger charge is 2.44. The first kappa shape index (κ1) is 24.8. The van der Waals surface area contributed by atoms with Crippen molar-refractivity contribution in [2.45, 2.75) is 24.6 Å². The van der Waals surface area contributed by atoms with Crippen molar-refractivity contribution in [2.75, 3.05) is 6.61 Å². The number of esters is 1. The van der Waals surface area contributed by atoms with Crippen molar-refractivity contribution < 1.29 is 54.4 Å². The van der Waals surface area contributed by atoms with Gasteiger partial charge in [0, 0.05) is 23.8 Å². The van der Waals surface area contributed by atoms with E-state index >= 15 is 0 Å². The molecule has 11 heteroatoms. The predicted octanol–water partition coefficient (Wildman–Crippen LogP) is 1.42. The molecule has 0 saturated carbocycles. The number of rotatable bonds is 6. The summed E-state index contributed by atoms with van der Waals surface area (Å²) in [4.78, 5) is 25.7. The molecule has 3 aromatic rings. The second kappa shape index (κ2) is 10.1. The number of aromatic hydroxyl groups is 4. The highest BCUT2D eigenvalue weighted by Crippen LogP contribution is 2.37. The van der Waals surface area contributed by atoms with Crippen LogP contribution in [0.5, 0.6) is 28.7 Å². The van der Waals surface area contributed by atoms with E-state index in [4.69, 9.17) is 14.2 Å². The van der Waals surface area contributed by atoms with Crippen molar-refractivity contribution in [3.05, 3.63) is 77.4 Å². The van der Waals surface area contributed by atoms with Gasteiger partial charge < -0.3 is 44.8 Å². The van der Waals surface area contributed by atoms with E-state index in [9.17, 15) is 40.2 Å². The summed E-state index contributed by atoms with van der Waals surface area (Å²) >= 11 is 0. The van der Waals surface area contributed by atoms with Crippen molar-refractivity contribution in [2.24, 2.45) is 0 Å². The number of carbonyl (C=O) groups excluding carboxylic acids is 2. The third kappa shape index (κ3) is 5.18. The molecule has 0 aliphatic carbocycles. The molecular formula is C25H22O11. The molecule has 1 fully saturated rings. The SMILES string of the molecule is O=C(O[C@H]1[C@H](Oc2cc(O)cc(O)c2C(=O)c2cc(O)cc(O)c2)OC[C@H](O)[C@@H]1O)c1ccccc1. The molecule has 3 aromatic carbocycles. The number of phenolic OH excluding ortho intramolecular Hbond substituents is 4. The molecule has 1 heterocycles. The number of benzene rings is 3. The summed E-state index contributed by atoms with van der Waals surface area (Å²) in [7, 11) is 0. The first-order valence-corrected chi connectivity index (χ1v) is 10.7. The van der Waals surface area contributed by atoms with E-state index in [-0.39, 0.29) is 11.1 Å². The quantitative estimate of drug-likeness (QED) is 0.213. The fourth-order valence-corrected chi connectivity index (χ4v) is 3.66. The van der Waals surface area contributed by atoms with Gasteiger partial charge >= 0.3 is 5.97 Å². The first-order valence-electron chi connectivity index (χ1n) is 10.7. The molecule has 4 atom stereocenters. The molecule has 0 aromatic heterocycles. The van der Waals surface area contributed by atoms with Crippen molar-refractivity contribution in [3.63, 3.8) is 0 Å². The van der Waals surface area contributed by atoms with Crippen LogP contribution in [0.4, 0.5) is 0 Å². The number of aliphatic hydroxyl groups excluding tert-OH is 2. The Kier molecular flexibility index (Phi) is 6.97. The minimum absolute atomic E-state index is 0.151. The van der Waals surface area contributed by atoms with Crippen LogP contribution in [0.2, 0.25) is 0 Å². The number of hydrogen-bond acceptors (Lipinski definition) is 11. The molecule has 0 spiro atoms. The maximum absolute atomic E-state index is 13.1. The predicted molar refractivity (Wildman–Crippen MR) is 121 cm³/mol. The molecule has 0 bridgehead atoms. The van der Waals surface area contributed by atoms with Gasteiger partial charge in [-0.25, -0.2) is 4.79 Å². The Morgan fingerprint density at radius 1 is 0.833 bits per heavy atom. The molecule has 188 valence electrons. The zero-order valence-electron chi connectivity index (χ0n) is 18.5. The number of carbonyl (C=O) groups is 2. The van der Waals surface area contributed by atoms with Gasteiger partial charge in [0.05, 0.1) is 12.2 Å². The fraction of sp³-hybridized carbons (Fsp3) is 0.200. The van der Waals surface area contributed by atoms with Crippen molar-refractivity contribution in [1.29, 1.82) is 0 Å². The molecule has 11 nitrogen and oxygen atoms in total. The van der Waals surface area contributed by atoms with Crippen LogP contribution < -0.4 is 4.74 Å². The Balaban J connectivity index is 1.68. The highest BCUT2D eigenvalue weighted by molar-refractivity contribution is 6.13. The monoisotopic (exact) mass is 498 g/mol. The molecule has 1 saturated heterocycles. The van der Waals surface area contributed by atoms with Crippen LogP contribution in [0.15, 0.2) is 60.7 Å². The van der Waals surface area contributed by atoms with Crippen LogP contribution in [0.3, 0.4) is 0 Å². The first-order chi connectivity index (χ1) is 17.1. The van der Waals surface area contributed by atoms with Crippen molar-refractivity contribution in [1.82, 2.24) is 0 Å². The molecule has 6 N–H and O–H groups in total. The Morgan fingerprint density at radius 2 is 1.47 bits per heavy atom. The third-order valence-corrected chi connectivity index (χ3v) is 5.38. The molecule has 0 radical (unpaired) electrons. The highest BCUT2D eigenvalue weighted by atomic mass is 16.7. The van der Waals surface area contributed by atoms with E-state index in [0.29, 0.717) is 0 Å². The standard InChI is InChI=1S/C25H22O11/c26-14-6-13(7-15(27)8-14)21(31)20-17(29)9-16(28)10-19(20)35-25-23(22(32)18(30)11-34-25)36-24(33)12-4-2-1-3-5-12/h1-10,18,22-23,25-30,32H,11H2/t18-,22-,23+,25-/m0/s1. The lowest BCUT2D eigenvalue weighted by molar-refractivity contribution is -0.241. The molecule has 4 rings (SSSR count). The van der Waals surface area contributed by atoms with E-state index in [2.05, 4.69) is 0 Å². The van der Waals surface area contributed by atoms with Crippen molar-refractivity contribution in [3.8, 4) is 28.7 Å². The van der Waals surface area contributed by atoms with E-state index in [1.165, 1.54) is 12.1 Å². The largest absolute Gasteiger partial charge is 0.508 e. The molecular weight excluding hydrogens is 476 g/mol. The topological polar surface area (TPSA) is 183 Å².